The molecule has 2 fully saturated rings. The van der Waals surface area contributed by atoms with Crippen molar-refractivity contribution in [2.24, 2.45) is 5.92 Å². The number of hydrogen-bond donors (Lipinski definition) is 3. The van der Waals surface area contributed by atoms with Gasteiger partial charge in [0.15, 0.2) is 5.58 Å². The van der Waals surface area contributed by atoms with Gasteiger partial charge in [-0.1, -0.05) is 12.8 Å². The molecule has 2 aliphatic carbocycles. The van der Waals surface area contributed by atoms with Gasteiger partial charge >= 0.3 is 0 Å². The van der Waals surface area contributed by atoms with E-state index in [1.807, 2.05) is 0 Å². The van der Waals surface area contributed by atoms with E-state index in [2.05, 4.69) is 15.6 Å². The van der Waals surface area contributed by atoms with Gasteiger partial charge in [-0.05, 0) is 62.0 Å². The molecule has 2 amide bonds. The zero-order chi connectivity index (χ0) is 17.4. The molecule has 0 spiro atoms. The molecule has 2 saturated carbocycles. The minimum Gasteiger partial charge on any atom is -0.429 e. The van der Waals surface area contributed by atoms with Gasteiger partial charge in [-0.15, -0.1) is 0 Å². The molecule has 0 atom stereocenters. The Labute approximate surface area is 150 Å². The molecule has 4 rings (SSSR count). The van der Waals surface area contributed by atoms with Crippen molar-refractivity contribution in [3.63, 3.8) is 0 Å². The van der Waals surface area contributed by atoms with Gasteiger partial charge in [0, 0.05) is 12.1 Å². The minimum absolute atomic E-state index is 0.0505. The Morgan fingerprint density at radius 2 is 2.04 bits per heavy atom. The fourth-order valence-electron chi connectivity index (χ4n) is 3.49. The Kier molecular flexibility index (Phi) is 4.11. The fourth-order valence-corrected chi connectivity index (χ4v) is 3.69. The van der Waals surface area contributed by atoms with Crippen molar-refractivity contribution in [3.8, 4) is 0 Å². The van der Waals surface area contributed by atoms with Crippen LogP contribution in [-0.2, 0) is 4.79 Å². The van der Waals surface area contributed by atoms with E-state index in [4.69, 9.17) is 16.6 Å². The highest BCUT2D eigenvalue weighted by Gasteiger charge is 2.43. The highest BCUT2D eigenvalue weighted by Crippen LogP contribution is 2.32. The van der Waals surface area contributed by atoms with Crippen molar-refractivity contribution < 1.29 is 14.0 Å². The molecule has 132 valence electrons. The summed E-state index contributed by atoms with van der Waals surface area (Å²) in [6.07, 6.45) is 5.63. The monoisotopic (exact) mass is 359 g/mol. The lowest BCUT2D eigenvalue weighted by atomic mass is 9.95. The number of amides is 2. The average Bonchev–Trinajstić information content (AvgIpc) is 3.17. The van der Waals surface area contributed by atoms with E-state index in [9.17, 15) is 9.59 Å². The molecule has 6 nitrogen and oxygen atoms in total. The van der Waals surface area contributed by atoms with E-state index < -0.39 is 5.54 Å². The number of hydrogen-bond acceptors (Lipinski definition) is 4. The highest BCUT2D eigenvalue weighted by molar-refractivity contribution is 7.71. The largest absolute Gasteiger partial charge is 0.429 e. The van der Waals surface area contributed by atoms with Gasteiger partial charge in [0.25, 0.3) is 10.7 Å². The first-order valence-electron chi connectivity index (χ1n) is 8.79. The van der Waals surface area contributed by atoms with E-state index in [0.717, 1.165) is 18.4 Å². The van der Waals surface area contributed by atoms with Crippen LogP contribution in [0.5, 0.6) is 0 Å². The summed E-state index contributed by atoms with van der Waals surface area (Å²) >= 11 is 4.97. The van der Waals surface area contributed by atoms with Crippen molar-refractivity contribution in [1.82, 2.24) is 15.6 Å². The molecule has 1 aromatic heterocycles. The lowest BCUT2D eigenvalue weighted by molar-refractivity contribution is -0.127. The fraction of sp³-hybridized carbons (Fsp3) is 0.500. The third kappa shape index (κ3) is 3.33. The first kappa shape index (κ1) is 16.3. The molecule has 0 aliphatic heterocycles. The molecule has 1 heterocycles. The van der Waals surface area contributed by atoms with Crippen molar-refractivity contribution in [2.75, 3.05) is 6.54 Å². The van der Waals surface area contributed by atoms with Gasteiger partial charge in [-0.25, -0.2) is 0 Å². The molecule has 3 N–H and O–H groups in total. The van der Waals surface area contributed by atoms with Crippen LogP contribution in [0.1, 0.15) is 48.9 Å². The Bertz CT molecular complexity index is 875. The smallest absolute Gasteiger partial charge is 0.266 e. The number of aromatic nitrogens is 1. The number of carbonyl (C=O) groups is 2. The predicted molar refractivity (Wildman–Crippen MR) is 95.8 cm³/mol. The highest BCUT2D eigenvalue weighted by atomic mass is 32.1. The van der Waals surface area contributed by atoms with E-state index in [1.165, 1.54) is 12.8 Å². The summed E-state index contributed by atoms with van der Waals surface area (Å²) in [5, 5.41) is 6.02. The molecule has 0 saturated heterocycles. The van der Waals surface area contributed by atoms with Crippen LogP contribution < -0.4 is 10.6 Å². The van der Waals surface area contributed by atoms with Crippen LogP contribution in [0.2, 0.25) is 0 Å². The normalized spacial score (nSPS) is 19.0. The van der Waals surface area contributed by atoms with Crippen LogP contribution in [0.25, 0.3) is 11.1 Å². The molecular formula is C18H21N3O3S. The number of aromatic amines is 1. The Morgan fingerprint density at radius 1 is 1.28 bits per heavy atom. The summed E-state index contributed by atoms with van der Waals surface area (Å²) < 4.78 is 5.37. The van der Waals surface area contributed by atoms with Gasteiger partial charge in [0.2, 0.25) is 5.91 Å². The van der Waals surface area contributed by atoms with Crippen molar-refractivity contribution in [3.05, 3.63) is 28.6 Å². The first-order valence-corrected chi connectivity index (χ1v) is 9.20. The molecule has 0 radical (unpaired) electrons. The van der Waals surface area contributed by atoms with Crippen molar-refractivity contribution in [2.45, 2.75) is 44.1 Å². The molecule has 7 heteroatoms. The van der Waals surface area contributed by atoms with Crippen LogP contribution in [0.3, 0.4) is 0 Å². The number of nitrogens with one attached hydrogen (secondary N) is 3. The van der Waals surface area contributed by atoms with Gasteiger partial charge in [-0.3, -0.25) is 9.59 Å². The number of carbonyl (C=O) groups excluding carboxylic acids is 2. The van der Waals surface area contributed by atoms with Crippen LogP contribution >= 0.6 is 12.2 Å². The minimum atomic E-state index is -0.792. The SMILES string of the molecule is O=C(NC1(C(=O)NCC2CC2)CCCC1)c1ccc2[nH]c(=S)oc2c1. The average molecular weight is 359 g/mol. The van der Waals surface area contributed by atoms with Gasteiger partial charge in [-0.2, -0.15) is 0 Å². The predicted octanol–water partition coefficient (Wildman–Crippen LogP) is 3.06. The lowest BCUT2D eigenvalue weighted by Crippen LogP contribution is -2.57. The molecule has 0 unspecified atom stereocenters. The van der Waals surface area contributed by atoms with Crippen LogP contribution in [-0.4, -0.2) is 28.9 Å². The van der Waals surface area contributed by atoms with Gasteiger partial charge in [0.1, 0.15) is 5.54 Å². The maximum absolute atomic E-state index is 12.7. The lowest BCUT2D eigenvalue weighted by Gasteiger charge is -2.29. The number of H-pyrrole nitrogens is 1. The maximum Gasteiger partial charge on any atom is 0.266 e. The second kappa shape index (κ2) is 6.29. The topological polar surface area (TPSA) is 87.1 Å². The summed E-state index contributed by atoms with van der Waals surface area (Å²) in [5.74, 6) is 0.307. The summed E-state index contributed by atoms with van der Waals surface area (Å²) in [7, 11) is 0. The number of fused-ring (bicyclic) bond motifs is 1. The van der Waals surface area contributed by atoms with E-state index in [1.54, 1.807) is 18.2 Å². The quantitative estimate of drug-likeness (QED) is 0.716. The molecule has 0 bridgehead atoms. The third-order valence-corrected chi connectivity index (χ3v) is 5.36. The summed E-state index contributed by atoms with van der Waals surface area (Å²) in [6, 6.07) is 5.13. The summed E-state index contributed by atoms with van der Waals surface area (Å²) in [4.78, 5) is 28.6. The first-order chi connectivity index (χ1) is 12.1. The number of oxazole rings is 1. The molecule has 2 aliphatic rings. The molecule has 25 heavy (non-hydrogen) atoms. The van der Waals surface area contributed by atoms with Crippen LogP contribution in [0.15, 0.2) is 22.6 Å². The second-order valence-corrected chi connectivity index (χ2v) is 7.49. The summed E-state index contributed by atoms with van der Waals surface area (Å²) in [6.45, 7) is 0.715. The van der Waals surface area contributed by atoms with E-state index >= 15 is 0 Å². The zero-order valence-electron chi connectivity index (χ0n) is 13.9. The molecular weight excluding hydrogens is 338 g/mol. The van der Waals surface area contributed by atoms with Crippen molar-refractivity contribution >= 4 is 35.1 Å². The van der Waals surface area contributed by atoms with Crippen LogP contribution in [0, 0.1) is 10.8 Å². The number of benzene rings is 1. The Balaban J connectivity index is 1.52. The zero-order valence-corrected chi connectivity index (χ0v) is 14.7. The van der Waals surface area contributed by atoms with E-state index in [-0.39, 0.29) is 16.7 Å². The maximum atomic E-state index is 12.7. The van der Waals surface area contributed by atoms with Gasteiger partial charge in [0.05, 0.1) is 5.52 Å². The summed E-state index contributed by atoms with van der Waals surface area (Å²) in [5.41, 5.74) is 0.960. The number of rotatable bonds is 5. The molecule has 1 aromatic carbocycles. The third-order valence-electron chi connectivity index (χ3n) is 5.18. The Morgan fingerprint density at radius 3 is 2.76 bits per heavy atom. The van der Waals surface area contributed by atoms with Crippen LogP contribution in [0.4, 0.5) is 0 Å². The second-order valence-electron chi connectivity index (χ2n) is 7.12. The van der Waals surface area contributed by atoms with Crippen molar-refractivity contribution in [1.29, 1.82) is 0 Å². The standard InChI is InChI=1S/C18H21N3O3S/c22-15(12-5-6-13-14(9-12)24-17(25)20-13)21-18(7-1-2-8-18)16(23)19-10-11-3-4-11/h5-6,9,11H,1-4,7-8,10H2,(H,19,23)(H,20,25)(H,21,22). The van der Waals surface area contributed by atoms with E-state index in [0.29, 0.717) is 36.5 Å². The Hall–Kier alpha value is -2.15. The molecule has 2 aromatic rings. The van der Waals surface area contributed by atoms with Gasteiger partial charge < -0.3 is 20.0 Å².